The second-order valence-electron chi connectivity index (χ2n) is 4.62. The van der Waals surface area contributed by atoms with Crippen LogP contribution in [0.3, 0.4) is 0 Å². The number of thioether (sulfide) groups is 1. The predicted octanol–water partition coefficient (Wildman–Crippen LogP) is 2.65. The molecule has 3 N–H and O–H groups in total. The second kappa shape index (κ2) is 8.21. The van der Waals surface area contributed by atoms with Crippen LogP contribution in [0.4, 0.5) is 4.79 Å². The van der Waals surface area contributed by atoms with E-state index in [0.29, 0.717) is 11.7 Å². The topological polar surface area (TPSA) is 78.4 Å². The summed E-state index contributed by atoms with van der Waals surface area (Å²) in [5, 5.41) is 15.0. The van der Waals surface area contributed by atoms with Crippen LogP contribution in [-0.2, 0) is 4.79 Å². The van der Waals surface area contributed by atoms with E-state index in [1.807, 2.05) is 11.8 Å². The summed E-state index contributed by atoms with van der Waals surface area (Å²) >= 11 is 5.85. The molecule has 0 aromatic heterocycles. The van der Waals surface area contributed by atoms with Gasteiger partial charge in [-0.1, -0.05) is 28.9 Å². The number of carbonyl (C=O) groups is 2. The van der Waals surface area contributed by atoms with Crippen LogP contribution in [0.5, 0.6) is 0 Å². The van der Waals surface area contributed by atoms with Gasteiger partial charge in [-0.25, -0.2) is 4.79 Å². The lowest BCUT2D eigenvalue weighted by molar-refractivity contribution is -0.136. The number of nitrogens with one attached hydrogen (secondary N) is 2. The molecule has 2 rings (SSSR count). The van der Waals surface area contributed by atoms with E-state index < -0.39 is 11.2 Å². The van der Waals surface area contributed by atoms with Gasteiger partial charge in [0, 0.05) is 11.0 Å². The van der Waals surface area contributed by atoms with Gasteiger partial charge < -0.3 is 15.7 Å². The first-order chi connectivity index (χ1) is 9.61. The Labute approximate surface area is 138 Å². The fraction of sp³-hybridized carbons (Fsp3) is 0.800. The van der Waals surface area contributed by atoms with Crippen LogP contribution in [0.15, 0.2) is 0 Å². The molecule has 0 spiro atoms. The number of hydrogen-bond donors (Lipinski definition) is 4. The van der Waals surface area contributed by atoms with Crippen LogP contribution in [-0.4, -0.2) is 45.4 Å². The number of thiol groups is 1. The van der Waals surface area contributed by atoms with E-state index in [0.717, 1.165) is 18.6 Å². The van der Waals surface area contributed by atoms with Crippen LogP contribution in [0.1, 0.15) is 19.3 Å². The van der Waals surface area contributed by atoms with Gasteiger partial charge in [0.1, 0.15) is 5.25 Å². The molecular weight excluding hydrogens is 356 g/mol. The minimum atomic E-state index is -0.766. The maximum atomic E-state index is 11.3. The number of fused-ring (bicyclic) bond motifs is 1. The normalized spacial score (nSPS) is 29.6. The monoisotopic (exact) mass is 372 g/mol. The summed E-state index contributed by atoms with van der Waals surface area (Å²) in [4.78, 5) is 22.4. The van der Waals surface area contributed by atoms with Gasteiger partial charge in [-0.15, -0.1) is 0 Å². The molecule has 4 atom stereocenters. The number of hydrogen-bond acceptors (Lipinski definition) is 7. The van der Waals surface area contributed by atoms with Crippen molar-refractivity contribution in [2.24, 2.45) is 0 Å². The highest BCUT2D eigenvalue weighted by Crippen LogP contribution is 2.41. The van der Waals surface area contributed by atoms with Gasteiger partial charge in [0.05, 0.1) is 12.1 Å². The van der Waals surface area contributed by atoms with Crippen molar-refractivity contribution >= 4 is 65.9 Å². The van der Waals surface area contributed by atoms with Crippen molar-refractivity contribution in [1.82, 2.24) is 10.6 Å². The Hall–Kier alpha value is 0.490. The summed E-state index contributed by atoms with van der Waals surface area (Å²) in [5.41, 5.74) is 0. The zero-order valence-electron chi connectivity index (χ0n) is 10.5. The van der Waals surface area contributed by atoms with E-state index >= 15 is 0 Å². The molecule has 0 aliphatic carbocycles. The summed E-state index contributed by atoms with van der Waals surface area (Å²) in [6.07, 6.45) is 2.45. The average Bonchev–Trinajstić information content (AvgIpc) is 2.93. The number of carbonyl (C=O) groups excluding carboxylic acids is 1. The van der Waals surface area contributed by atoms with Crippen molar-refractivity contribution < 1.29 is 14.7 Å². The maximum Gasteiger partial charge on any atom is 0.317 e. The number of aliphatic carboxylic acids is 1. The van der Waals surface area contributed by atoms with Crippen molar-refractivity contribution in [1.29, 1.82) is 0 Å². The lowest BCUT2D eigenvalue weighted by atomic mass is 10.0. The lowest BCUT2D eigenvalue weighted by Gasteiger charge is -2.17. The Morgan fingerprint density at radius 1 is 1.55 bits per heavy atom. The van der Waals surface area contributed by atoms with Gasteiger partial charge in [0.15, 0.2) is 0 Å². The Morgan fingerprint density at radius 2 is 2.35 bits per heavy atom. The largest absolute Gasteiger partial charge is 0.480 e. The maximum absolute atomic E-state index is 11.3. The molecule has 2 fully saturated rings. The summed E-state index contributed by atoms with van der Waals surface area (Å²) in [7, 11) is 4.00. The molecule has 10 heteroatoms. The highest BCUT2D eigenvalue weighted by molar-refractivity contribution is 9.24. The van der Waals surface area contributed by atoms with Gasteiger partial charge in [-0.2, -0.15) is 11.8 Å². The number of urea groups is 1. The van der Waals surface area contributed by atoms with Gasteiger partial charge in [-0.05, 0) is 32.5 Å². The van der Waals surface area contributed by atoms with Crippen molar-refractivity contribution in [3.63, 3.8) is 0 Å². The van der Waals surface area contributed by atoms with Crippen molar-refractivity contribution in [2.45, 2.75) is 41.8 Å². The quantitative estimate of drug-likeness (QED) is 0.296. The molecule has 114 valence electrons. The summed E-state index contributed by atoms with van der Waals surface area (Å²) in [6.45, 7) is 0. The zero-order chi connectivity index (χ0) is 14.5. The van der Waals surface area contributed by atoms with Gasteiger partial charge in [-0.3, -0.25) is 4.79 Å². The fourth-order valence-corrected chi connectivity index (χ4v) is 7.49. The third-order valence-electron chi connectivity index (χ3n) is 3.35. The molecule has 2 heterocycles. The zero-order valence-corrected chi connectivity index (χ0v) is 14.6. The second-order valence-corrected chi connectivity index (χ2v) is 10.9. The molecule has 1 unspecified atom stereocenters. The predicted molar refractivity (Wildman–Crippen MR) is 92.5 cm³/mol. The average molecular weight is 373 g/mol. The number of carboxylic acid groups (broad SMARTS) is 1. The molecule has 20 heavy (non-hydrogen) atoms. The fourth-order valence-electron chi connectivity index (χ4n) is 2.43. The van der Waals surface area contributed by atoms with E-state index in [-0.39, 0.29) is 18.1 Å². The summed E-state index contributed by atoms with van der Waals surface area (Å²) < 4.78 is 0. The third kappa shape index (κ3) is 4.49. The first-order valence-corrected chi connectivity index (χ1v) is 11.8. The van der Waals surface area contributed by atoms with E-state index in [9.17, 15) is 9.59 Å². The Bertz CT molecular complexity index is 373. The molecule has 2 aliphatic rings. The van der Waals surface area contributed by atoms with E-state index in [1.54, 1.807) is 0 Å². The van der Waals surface area contributed by atoms with E-state index in [4.69, 9.17) is 5.11 Å². The molecular formula is C10H16N2O3S5. The van der Waals surface area contributed by atoms with E-state index in [2.05, 4.69) is 22.3 Å². The van der Waals surface area contributed by atoms with Crippen molar-refractivity contribution in [3.05, 3.63) is 0 Å². The first kappa shape index (κ1) is 16.9. The molecule has 0 bridgehead atoms. The molecule has 2 aliphatic heterocycles. The Balaban J connectivity index is 1.72. The Morgan fingerprint density at radius 3 is 3.05 bits per heavy atom. The summed E-state index contributed by atoms with van der Waals surface area (Å²) in [6, 6.07) is 0.357. The first-order valence-electron chi connectivity index (χ1n) is 6.17. The molecule has 2 amide bonds. The highest BCUT2D eigenvalue weighted by Gasteiger charge is 2.42. The van der Waals surface area contributed by atoms with Crippen molar-refractivity contribution in [2.75, 3.05) is 5.75 Å². The number of amides is 2. The van der Waals surface area contributed by atoms with Crippen molar-refractivity contribution in [3.8, 4) is 0 Å². The van der Waals surface area contributed by atoms with Crippen LogP contribution in [0.2, 0.25) is 0 Å². The smallest absolute Gasteiger partial charge is 0.317 e. The number of rotatable bonds is 8. The van der Waals surface area contributed by atoms with Gasteiger partial charge in [0.2, 0.25) is 0 Å². The van der Waals surface area contributed by atoms with Crippen LogP contribution >= 0.6 is 53.9 Å². The minimum Gasteiger partial charge on any atom is -0.480 e. The molecule has 0 aromatic carbocycles. The molecule has 0 aromatic rings. The van der Waals surface area contributed by atoms with Crippen LogP contribution < -0.4 is 10.6 Å². The molecule has 0 saturated carbocycles. The molecule has 5 nitrogen and oxygen atoms in total. The summed E-state index contributed by atoms with van der Waals surface area (Å²) in [5.74, 6) is 0.176. The standard InChI is InChI=1S/C10H16N2O3S5/c13-9(14)7(18-20-19-16)3-1-2-6-8-5(4-17-6)11-10(15)12-8/h5-8,16H,1-4H2,(H,13,14)(H2,11,12,15)/t5-,6-,7?,8-/m0/s1. The SMILES string of the molecule is O=C1N[C@H]2[C@H](CS[C@H]2CCCC(SSSS)C(=O)O)N1. The molecule has 2 saturated heterocycles. The number of carboxylic acids is 1. The van der Waals surface area contributed by atoms with E-state index in [1.165, 1.54) is 30.4 Å². The molecule has 0 radical (unpaired) electrons. The van der Waals surface area contributed by atoms with Gasteiger partial charge in [0.25, 0.3) is 0 Å². The lowest BCUT2D eigenvalue weighted by Crippen LogP contribution is -2.36. The minimum absolute atomic E-state index is 0.0773. The van der Waals surface area contributed by atoms with Gasteiger partial charge >= 0.3 is 12.0 Å². The highest BCUT2D eigenvalue weighted by atomic mass is 33.7. The third-order valence-corrected chi connectivity index (χ3v) is 9.69. The van der Waals surface area contributed by atoms with Crippen LogP contribution in [0.25, 0.3) is 0 Å². The van der Waals surface area contributed by atoms with Crippen LogP contribution in [0, 0.1) is 0 Å². The Kier molecular flexibility index (Phi) is 6.92.